The number of carbonyl (C=O) groups excluding carboxylic acids is 1. The lowest BCUT2D eigenvalue weighted by Gasteiger charge is -2.25. The van der Waals surface area contributed by atoms with Gasteiger partial charge in [-0.05, 0) is 22.0 Å². The quantitative estimate of drug-likeness (QED) is 0.672. The van der Waals surface area contributed by atoms with Crippen molar-refractivity contribution in [3.05, 3.63) is 21.8 Å². The van der Waals surface area contributed by atoms with Gasteiger partial charge in [-0.3, -0.25) is 4.79 Å². The van der Waals surface area contributed by atoms with Gasteiger partial charge in [-0.1, -0.05) is 42.5 Å². The monoisotopic (exact) mass is 276 g/mol. The molecule has 1 aliphatic rings. The largest absolute Gasteiger partial charge is 0.294 e. The molecule has 0 fully saturated rings. The van der Waals surface area contributed by atoms with Gasteiger partial charge < -0.3 is 0 Å². The second kappa shape index (κ2) is 3.73. The molecule has 0 spiro atoms. The van der Waals surface area contributed by atoms with Crippen LogP contribution in [0.25, 0.3) is 0 Å². The SMILES string of the molecule is CC1(C)C=C(/C=C/I)C(=O)CC1. The molecular formula is C10H13IO. The van der Waals surface area contributed by atoms with Crippen molar-refractivity contribution < 1.29 is 4.79 Å². The zero-order valence-electron chi connectivity index (χ0n) is 7.43. The summed E-state index contributed by atoms with van der Waals surface area (Å²) >= 11 is 2.14. The predicted molar refractivity (Wildman–Crippen MR) is 59.3 cm³/mol. The fourth-order valence-electron chi connectivity index (χ4n) is 1.36. The Bertz CT molecular complexity index is 249. The van der Waals surface area contributed by atoms with Crippen LogP contribution in [0.4, 0.5) is 0 Å². The standard InChI is InChI=1S/C10H13IO/c1-10(2)5-3-9(12)8(7-10)4-6-11/h4,6-7H,3,5H2,1-2H3/b6-4+. The summed E-state index contributed by atoms with van der Waals surface area (Å²) in [6.45, 7) is 4.33. The lowest BCUT2D eigenvalue weighted by atomic mass is 9.79. The fourth-order valence-corrected chi connectivity index (χ4v) is 1.75. The van der Waals surface area contributed by atoms with E-state index in [1.54, 1.807) is 0 Å². The molecule has 1 nitrogen and oxygen atoms in total. The van der Waals surface area contributed by atoms with Gasteiger partial charge in [0.25, 0.3) is 0 Å². The number of hydrogen-bond donors (Lipinski definition) is 0. The van der Waals surface area contributed by atoms with E-state index in [0.717, 1.165) is 12.0 Å². The van der Waals surface area contributed by atoms with Crippen LogP contribution in [-0.4, -0.2) is 5.78 Å². The number of allylic oxidation sites excluding steroid dienone is 3. The number of ketones is 1. The number of Topliss-reactive ketones (excluding diaryl/α,β-unsaturated/α-hetero) is 1. The third-order valence-corrected chi connectivity index (χ3v) is 2.47. The maximum atomic E-state index is 11.3. The fraction of sp³-hybridized carbons (Fsp3) is 0.500. The molecule has 0 amide bonds. The Kier molecular flexibility index (Phi) is 3.09. The second-order valence-electron chi connectivity index (χ2n) is 3.80. The number of halogens is 1. The van der Waals surface area contributed by atoms with E-state index < -0.39 is 0 Å². The highest BCUT2D eigenvalue weighted by Gasteiger charge is 2.24. The van der Waals surface area contributed by atoms with Crippen LogP contribution < -0.4 is 0 Å². The Labute approximate surface area is 87.1 Å². The molecule has 0 atom stereocenters. The lowest BCUT2D eigenvalue weighted by Crippen LogP contribution is -2.18. The van der Waals surface area contributed by atoms with Crippen molar-refractivity contribution in [2.75, 3.05) is 0 Å². The zero-order valence-corrected chi connectivity index (χ0v) is 9.59. The molecule has 0 saturated carbocycles. The zero-order chi connectivity index (χ0) is 9.19. The summed E-state index contributed by atoms with van der Waals surface area (Å²) in [5.74, 6) is 0.280. The third-order valence-electron chi connectivity index (χ3n) is 2.11. The third kappa shape index (κ3) is 2.44. The Morgan fingerprint density at radius 2 is 2.25 bits per heavy atom. The second-order valence-corrected chi connectivity index (χ2v) is 4.52. The van der Waals surface area contributed by atoms with E-state index in [9.17, 15) is 4.79 Å². The smallest absolute Gasteiger partial charge is 0.162 e. The summed E-state index contributed by atoms with van der Waals surface area (Å²) in [5.41, 5.74) is 1.07. The molecule has 2 heteroatoms. The molecule has 12 heavy (non-hydrogen) atoms. The summed E-state index contributed by atoms with van der Waals surface area (Å²) in [6, 6.07) is 0. The summed E-state index contributed by atoms with van der Waals surface area (Å²) in [7, 11) is 0. The number of rotatable bonds is 1. The average molecular weight is 276 g/mol. The van der Waals surface area contributed by atoms with E-state index in [2.05, 4.69) is 42.5 Å². The molecule has 0 N–H and O–H groups in total. The summed E-state index contributed by atoms with van der Waals surface area (Å²) in [5, 5.41) is 0. The van der Waals surface area contributed by atoms with Gasteiger partial charge in [0, 0.05) is 12.0 Å². The molecule has 0 aromatic heterocycles. The summed E-state index contributed by atoms with van der Waals surface area (Å²) in [6.07, 6.45) is 5.64. The summed E-state index contributed by atoms with van der Waals surface area (Å²) < 4.78 is 1.89. The van der Waals surface area contributed by atoms with Crippen LogP contribution in [0, 0.1) is 5.41 Å². The van der Waals surface area contributed by atoms with Gasteiger partial charge in [0.15, 0.2) is 5.78 Å². The minimum absolute atomic E-state index is 0.194. The van der Waals surface area contributed by atoms with Crippen LogP contribution in [0.2, 0.25) is 0 Å². The maximum absolute atomic E-state index is 11.3. The van der Waals surface area contributed by atoms with Crippen LogP contribution in [0.3, 0.4) is 0 Å². The minimum Gasteiger partial charge on any atom is -0.294 e. The molecule has 0 radical (unpaired) electrons. The van der Waals surface area contributed by atoms with Crippen LogP contribution in [0.15, 0.2) is 21.8 Å². The van der Waals surface area contributed by atoms with Crippen molar-refractivity contribution in [3.8, 4) is 0 Å². The van der Waals surface area contributed by atoms with E-state index in [0.29, 0.717) is 6.42 Å². The molecule has 0 aliphatic heterocycles. The normalized spacial score (nSPS) is 22.9. The Morgan fingerprint density at radius 3 is 2.83 bits per heavy atom. The van der Waals surface area contributed by atoms with Crippen LogP contribution >= 0.6 is 22.6 Å². The van der Waals surface area contributed by atoms with Crippen molar-refractivity contribution >= 4 is 28.4 Å². The maximum Gasteiger partial charge on any atom is 0.162 e. The van der Waals surface area contributed by atoms with Crippen molar-refractivity contribution in [3.63, 3.8) is 0 Å². The molecule has 0 saturated heterocycles. The van der Waals surface area contributed by atoms with Crippen molar-refractivity contribution in [1.82, 2.24) is 0 Å². The molecule has 0 heterocycles. The molecule has 1 rings (SSSR count). The van der Waals surface area contributed by atoms with Gasteiger partial charge in [-0.25, -0.2) is 0 Å². The van der Waals surface area contributed by atoms with Crippen molar-refractivity contribution in [1.29, 1.82) is 0 Å². The van der Waals surface area contributed by atoms with Crippen LogP contribution in [0.1, 0.15) is 26.7 Å². The molecule has 0 aromatic carbocycles. The highest BCUT2D eigenvalue weighted by atomic mass is 127. The van der Waals surface area contributed by atoms with Gasteiger partial charge in [-0.2, -0.15) is 0 Å². The lowest BCUT2D eigenvalue weighted by molar-refractivity contribution is -0.116. The Morgan fingerprint density at radius 1 is 1.58 bits per heavy atom. The first kappa shape index (κ1) is 9.96. The predicted octanol–water partition coefficient (Wildman–Crippen LogP) is 3.25. The van der Waals surface area contributed by atoms with E-state index in [-0.39, 0.29) is 11.2 Å². The highest BCUT2D eigenvalue weighted by Crippen LogP contribution is 2.31. The van der Waals surface area contributed by atoms with E-state index in [1.165, 1.54) is 0 Å². The first-order valence-corrected chi connectivity index (χ1v) is 5.32. The average Bonchev–Trinajstić information content (AvgIpc) is 1.97. The highest BCUT2D eigenvalue weighted by molar-refractivity contribution is 14.1. The topological polar surface area (TPSA) is 17.1 Å². The molecule has 0 bridgehead atoms. The van der Waals surface area contributed by atoms with Gasteiger partial charge in [0.2, 0.25) is 0 Å². The molecule has 1 aliphatic carbocycles. The van der Waals surface area contributed by atoms with Crippen molar-refractivity contribution in [2.45, 2.75) is 26.7 Å². The van der Waals surface area contributed by atoms with E-state index in [1.807, 2.05) is 10.2 Å². The van der Waals surface area contributed by atoms with Gasteiger partial charge >= 0.3 is 0 Å². The van der Waals surface area contributed by atoms with Gasteiger partial charge in [0.05, 0.1) is 0 Å². The minimum atomic E-state index is 0.194. The molecule has 66 valence electrons. The summed E-state index contributed by atoms with van der Waals surface area (Å²) in [4.78, 5) is 11.3. The van der Waals surface area contributed by atoms with Crippen LogP contribution in [0.5, 0.6) is 0 Å². The Balaban J connectivity index is 2.93. The number of hydrogen-bond acceptors (Lipinski definition) is 1. The first-order valence-electron chi connectivity index (χ1n) is 4.08. The Hall–Kier alpha value is -0.120. The first-order chi connectivity index (χ1) is 5.55. The van der Waals surface area contributed by atoms with Crippen molar-refractivity contribution in [2.24, 2.45) is 5.41 Å². The molecular weight excluding hydrogens is 263 g/mol. The van der Waals surface area contributed by atoms with E-state index >= 15 is 0 Å². The number of carbonyl (C=O) groups is 1. The van der Waals surface area contributed by atoms with E-state index in [4.69, 9.17) is 0 Å². The van der Waals surface area contributed by atoms with Gasteiger partial charge in [0.1, 0.15) is 0 Å². The molecule has 0 aromatic rings. The van der Waals surface area contributed by atoms with Gasteiger partial charge in [-0.15, -0.1) is 0 Å². The molecule has 0 unspecified atom stereocenters. The van der Waals surface area contributed by atoms with Crippen LogP contribution in [-0.2, 0) is 4.79 Å².